The highest BCUT2D eigenvalue weighted by molar-refractivity contribution is 6.50. The molecule has 0 spiro atoms. The minimum atomic E-state index is -1.29. The van der Waals surface area contributed by atoms with E-state index >= 15 is 0 Å². The van der Waals surface area contributed by atoms with Crippen LogP contribution in [-0.4, -0.2) is 52.5 Å². The van der Waals surface area contributed by atoms with Gasteiger partial charge in [-0.15, -0.1) is 0 Å². The number of carbonyl (C=O) groups excluding carboxylic acids is 4. The van der Waals surface area contributed by atoms with Crippen molar-refractivity contribution < 1.29 is 38.9 Å². The van der Waals surface area contributed by atoms with Gasteiger partial charge in [0.2, 0.25) is 11.6 Å². The fourth-order valence-corrected chi connectivity index (χ4v) is 6.21. The van der Waals surface area contributed by atoms with Gasteiger partial charge in [-0.2, -0.15) is 0 Å². The second kappa shape index (κ2) is 8.14. The van der Waals surface area contributed by atoms with Crippen LogP contribution in [0.3, 0.4) is 0 Å². The van der Waals surface area contributed by atoms with Gasteiger partial charge in [0.05, 0.1) is 18.3 Å². The Balaban J connectivity index is 2.26. The summed E-state index contributed by atoms with van der Waals surface area (Å²) in [5.41, 5.74) is -1.35. The van der Waals surface area contributed by atoms with Crippen LogP contribution >= 0.6 is 0 Å². The van der Waals surface area contributed by atoms with Crippen LogP contribution in [0.15, 0.2) is 22.5 Å². The summed E-state index contributed by atoms with van der Waals surface area (Å²) in [4.78, 5) is 49.8. The molecule has 5 atom stereocenters. The molecule has 0 saturated heterocycles. The van der Waals surface area contributed by atoms with Crippen molar-refractivity contribution >= 4 is 23.5 Å². The van der Waals surface area contributed by atoms with Crippen molar-refractivity contribution in [1.82, 2.24) is 0 Å². The lowest BCUT2D eigenvalue weighted by Gasteiger charge is -2.58. The molecular formula is C24H32O8. The van der Waals surface area contributed by atoms with E-state index < -0.39 is 64.1 Å². The number of rotatable bonds is 4. The lowest BCUT2D eigenvalue weighted by molar-refractivity contribution is -0.166. The number of aliphatic hydroxyl groups excluding tert-OH is 2. The van der Waals surface area contributed by atoms with Crippen LogP contribution in [-0.2, 0) is 28.7 Å². The standard InChI is InChI=1S/C24H32O8/c1-11(10-31-12(2)25)14-17(27)15-16(19(29)18(14)28)24(6)9-7-8-23(4,5)22(24)20(30)21(15)32-13(3)26/h11,20-22,27,30H,7-10H2,1-6H3/t11?,20?,21?,22?,24-/m1/s1. The summed E-state index contributed by atoms with van der Waals surface area (Å²) in [7, 11) is 0. The van der Waals surface area contributed by atoms with Crippen molar-refractivity contribution in [1.29, 1.82) is 0 Å². The van der Waals surface area contributed by atoms with Gasteiger partial charge in [-0.25, -0.2) is 0 Å². The van der Waals surface area contributed by atoms with E-state index in [0.717, 1.165) is 12.8 Å². The quantitative estimate of drug-likeness (QED) is 0.382. The minimum absolute atomic E-state index is 0.00146. The molecule has 3 aliphatic carbocycles. The third-order valence-electron chi connectivity index (χ3n) is 7.33. The average molecular weight is 449 g/mol. The van der Waals surface area contributed by atoms with Crippen LogP contribution in [0.2, 0.25) is 0 Å². The van der Waals surface area contributed by atoms with E-state index in [1.54, 1.807) is 6.92 Å². The molecule has 0 aliphatic heterocycles. The van der Waals surface area contributed by atoms with E-state index in [-0.39, 0.29) is 23.3 Å². The number of aliphatic hydroxyl groups is 2. The summed E-state index contributed by atoms with van der Waals surface area (Å²) < 4.78 is 10.4. The van der Waals surface area contributed by atoms with Crippen molar-refractivity contribution in [2.75, 3.05) is 6.61 Å². The number of carbonyl (C=O) groups is 4. The van der Waals surface area contributed by atoms with Gasteiger partial charge in [0.25, 0.3) is 0 Å². The fraction of sp³-hybridized carbons (Fsp3) is 0.667. The Labute approximate surface area is 187 Å². The predicted octanol–water partition coefficient (Wildman–Crippen LogP) is 2.58. The van der Waals surface area contributed by atoms with Crippen LogP contribution in [0.4, 0.5) is 0 Å². The van der Waals surface area contributed by atoms with Gasteiger partial charge in [0.15, 0.2) is 6.10 Å². The Morgan fingerprint density at radius 1 is 1.09 bits per heavy atom. The van der Waals surface area contributed by atoms with Crippen LogP contribution in [0.25, 0.3) is 0 Å². The highest BCUT2D eigenvalue weighted by Gasteiger charge is 2.62. The molecule has 8 heteroatoms. The van der Waals surface area contributed by atoms with E-state index in [2.05, 4.69) is 0 Å². The highest BCUT2D eigenvalue weighted by Crippen LogP contribution is 2.61. The smallest absolute Gasteiger partial charge is 0.303 e. The van der Waals surface area contributed by atoms with Crippen molar-refractivity contribution in [3.05, 3.63) is 22.5 Å². The molecule has 176 valence electrons. The first kappa shape index (κ1) is 24.2. The Morgan fingerprint density at radius 2 is 1.72 bits per heavy atom. The third kappa shape index (κ3) is 3.68. The normalized spacial score (nSPS) is 32.8. The minimum Gasteiger partial charge on any atom is -0.507 e. The first-order valence-electron chi connectivity index (χ1n) is 11.0. The summed E-state index contributed by atoms with van der Waals surface area (Å²) in [5.74, 6) is -4.57. The van der Waals surface area contributed by atoms with E-state index in [0.29, 0.717) is 6.42 Å². The maximum Gasteiger partial charge on any atom is 0.303 e. The summed E-state index contributed by atoms with van der Waals surface area (Å²) in [6, 6.07) is 0. The van der Waals surface area contributed by atoms with Gasteiger partial charge in [-0.3, -0.25) is 19.2 Å². The zero-order valence-electron chi connectivity index (χ0n) is 19.5. The molecule has 0 amide bonds. The molecular weight excluding hydrogens is 416 g/mol. The van der Waals surface area contributed by atoms with Gasteiger partial charge in [-0.1, -0.05) is 34.1 Å². The summed E-state index contributed by atoms with van der Waals surface area (Å²) >= 11 is 0. The number of hydrogen-bond donors (Lipinski definition) is 2. The predicted molar refractivity (Wildman–Crippen MR) is 113 cm³/mol. The topological polar surface area (TPSA) is 127 Å². The Kier molecular flexibility index (Phi) is 6.15. The van der Waals surface area contributed by atoms with Crippen molar-refractivity contribution in [3.8, 4) is 0 Å². The van der Waals surface area contributed by atoms with Gasteiger partial charge >= 0.3 is 11.9 Å². The van der Waals surface area contributed by atoms with Gasteiger partial charge in [0.1, 0.15) is 5.76 Å². The van der Waals surface area contributed by atoms with E-state index in [9.17, 15) is 29.4 Å². The monoisotopic (exact) mass is 448 g/mol. The number of hydrogen-bond acceptors (Lipinski definition) is 8. The Bertz CT molecular complexity index is 940. The summed E-state index contributed by atoms with van der Waals surface area (Å²) in [6.45, 7) is 9.58. The van der Waals surface area contributed by atoms with Crippen LogP contribution in [0, 0.1) is 22.7 Å². The molecule has 0 aromatic carbocycles. The number of fused-ring (bicyclic) bond motifs is 2. The zero-order chi connectivity index (χ0) is 24.2. The number of ether oxygens (including phenoxy) is 2. The second-order valence-corrected chi connectivity index (χ2v) is 10.2. The number of esters is 2. The van der Waals surface area contributed by atoms with Crippen LogP contribution in [0.5, 0.6) is 0 Å². The molecule has 0 heterocycles. The maximum atomic E-state index is 13.5. The number of ketones is 2. The molecule has 32 heavy (non-hydrogen) atoms. The molecule has 3 rings (SSSR count). The first-order chi connectivity index (χ1) is 14.7. The second-order valence-electron chi connectivity index (χ2n) is 10.2. The number of allylic oxidation sites excluding steroid dienone is 1. The molecule has 4 unspecified atom stereocenters. The van der Waals surface area contributed by atoms with Crippen molar-refractivity contribution in [3.63, 3.8) is 0 Å². The molecule has 2 N–H and O–H groups in total. The highest BCUT2D eigenvalue weighted by atomic mass is 16.6. The Morgan fingerprint density at radius 3 is 2.28 bits per heavy atom. The van der Waals surface area contributed by atoms with Gasteiger partial charge < -0.3 is 19.7 Å². The average Bonchev–Trinajstić information content (AvgIpc) is 2.65. The van der Waals surface area contributed by atoms with E-state index in [1.807, 2.05) is 20.8 Å². The van der Waals surface area contributed by atoms with Gasteiger partial charge in [-0.05, 0) is 18.3 Å². The van der Waals surface area contributed by atoms with Crippen molar-refractivity contribution in [2.24, 2.45) is 22.7 Å². The van der Waals surface area contributed by atoms with Crippen LogP contribution < -0.4 is 0 Å². The van der Waals surface area contributed by atoms with E-state index in [4.69, 9.17) is 9.47 Å². The van der Waals surface area contributed by atoms with E-state index in [1.165, 1.54) is 13.8 Å². The SMILES string of the molecule is CC(=O)OCC(C)C1=C(O)C2=C(C(=O)C1=O)[C@@]1(C)CCCC(C)(C)C1C(O)C2OC(C)=O. The molecule has 1 saturated carbocycles. The lowest BCUT2D eigenvalue weighted by Crippen LogP contribution is -2.60. The van der Waals surface area contributed by atoms with Gasteiger partial charge in [0, 0.05) is 42.2 Å². The molecule has 0 aromatic heterocycles. The lowest BCUT2D eigenvalue weighted by atomic mass is 9.47. The summed E-state index contributed by atoms with van der Waals surface area (Å²) in [6.07, 6.45) is -0.330. The molecule has 0 bridgehead atoms. The molecule has 3 aliphatic rings. The summed E-state index contributed by atoms with van der Waals surface area (Å²) in [5, 5.41) is 22.6. The van der Waals surface area contributed by atoms with Crippen molar-refractivity contribution in [2.45, 2.75) is 73.0 Å². The first-order valence-corrected chi connectivity index (χ1v) is 11.0. The molecule has 0 aromatic rings. The molecule has 0 radical (unpaired) electrons. The zero-order valence-corrected chi connectivity index (χ0v) is 19.5. The third-order valence-corrected chi connectivity index (χ3v) is 7.33. The largest absolute Gasteiger partial charge is 0.507 e. The Hall–Kier alpha value is -2.48. The fourth-order valence-electron chi connectivity index (χ4n) is 6.21. The molecule has 1 fully saturated rings. The molecule has 8 nitrogen and oxygen atoms in total. The van der Waals surface area contributed by atoms with Crippen LogP contribution in [0.1, 0.15) is 60.8 Å². The maximum absolute atomic E-state index is 13.5. The number of Topliss-reactive ketones (excluding diaryl/α,β-unsaturated/α-hetero) is 2.